The second-order valence-electron chi connectivity index (χ2n) is 8.90. The third-order valence-corrected chi connectivity index (χ3v) is 5.10. The lowest BCUT2D eigenvalue weighted by atomic mass is 9.67. The minimum atomic E-state index is -0.504. The molecular formula is C20H40N4O3. The van der Waals surface area contributed by atoms with Gasteiger partial charge in [0.05, 0.1) is 6.04 Å². The number of aliphatic imine (C=N–C) groups is 1. The zero-order valence-corrected chi connectivity index (χ0v) is 18.3. The van der Waals surface area contributed by atoms with Crippen molar-refractivity contribution in [3.8, 4) is 0 Å². The van der Waals surface area contributed by atoms with Crippen LogP contribution in [0.3, 0.4) is 0 Å². The minimum absolute atomic E-state index is 0.0513. The van der Waals surface area contributed by atoms with Gasteiger partial charge in [0.15, 0.2) is 5.96 Å². The van der Waals surface area contributed by atoms with Crippen molar-refractivity contribution in [3.05, 3.63) is 0 Å². The molecule has 1 saturated carbocycles. The van der Waals surface area contributed by atoms with Crippen molar-refractivity contribution in [2.45, 2.75) is 71.9 Å². The van der Waals surface area contributed by atoms with Crippen LogP contribution in [0.25, 0.3) is 0 Å². The highest BCUT2D eigenvalue weighted by molar-refractivity contribution is 5.79. The summed E-state index contributed by atoms with van der Waals surface area (Å²) in [5, 5.41) is 9.73. The number of carbonyl (C=O) groups excluding carboxylic acids is 1. The van der Waals surface area contributed by atoms with E-state index in [9.17, 15) is 4.79 Å². The first kappa shape index (κ1) is 23.5. The van der Waals surface area contributed by atoms with Crippen LogP contribution in [0.2, 0.25) is 0 Å². The highest BCUT2D eigenvalue weighted by Crippen LogP contribution is 2.43. The first-order valence-electron chi connectivity index (χ1n) is 10.0. The Morgan fingerprint density at radius 3 is 2.33 bits per heavy atom. The number of rotatable bonds is 9. The quantitative estimate of drug-likeness (QED) is 0.420. The summed E-state index contributed by atoms with van der Waals surface area (Å²) in [4.78, 5) is 16.4. The second kappa shape index (κ2) is 10.7. The molecule has 1 fully saturated rings. The van der Waals surface area contributed by atoms with Crippen molar-refractivity contribution in [2.24, 2.45) is 16.3 Å². The number of hydrogen-bond donors (Lipinski definition) is 3. The van der Waals surface area contributed by atoms with Crippen molar-refractivity contribution in [3.63, 3.8) is 0 Å². The highest BCUT2D eigenvalue weighted by atomic mass is 16.6. The van der Waals surface area contributed by atoms with Crippen LogP contribution in [-0.4, -0.2) is 57.5 Å². The fraction of sp³-hybridized carbons (Fsp3) is 0.900. The van der Waals surface area contributed by atoms with Crippen LogP contribution in [-0.2, 0) is 9.47 Å². The van der Waals surface area contributed by atoms with E-state index >= 15 is 0 Å². The molecule has 3 N–H and O–H groups in total. The predicted octanol–water partition coefficient (Wildman–Crippen LogP) is 2.91. The Morgan fingerprint density at radius 1 is 1.22 bits per heavy atom. The summed E-state index contributed by atoms with van der Waals surface area (Å²) in [7, 11) is 3.52. The number of nitrogens with one attached hydrogen (secondary N) is 3. The summed E-state index contributed by atoms with van der Waals surface area (Å²) in [6.07, 6.45) is 4.43. The Hall–Kier alpha value is -1.50. The topological polar surface area (TPSA) is 84.0 Å². The molecule has 7 nitrogen and oxygen atoms in total. The van der Waals surface area contributed by atoms with Gasteiger partial charge in [-0.1, -0.05) is 20.3 Å². The number of methoxy groups -OCH3 is 1. The molecule has 158 valence electrons. The van der Waals surface area contributed by atoms with E-state index < -0.39 is 5.60 Å². The fourth-order valence-corrected chi connectivity index (χ4v) is 3.12. The largest absolute Gasteiger partial charge is 0.444 e. The van der Waals surface area contributed by atoms with E-state index in [1.807, 2.05) is 20.8 Å². The van der Waals surface area contributed by atoms with Crippen LogP contribution in [0.5, 0.6) is 0 Å². The maximum atomic E-state index is 12.1. The first-order valence-corrected chi connectivity index (χ1v) is 10.0. The van der Waals surface area contributed by atoms with E-state index in [0.29, 0.717) is 12.0 Å². The summed E-state index contributed by atoms with van der Waals surface area (Å²) in [5.41, 5.74) is -0.185. The molecule has 1 aliphatic rings. The Labute approximate surface area is 165 Å². The number of carbonyl (C=O) groups is 1. The molecule has 1 aliphatic carbocycles. The minimum Gasteiger partial charge on any atom is -0.444 e. The van der Waals surface area contributed by atoms with Gasteiger partial charge in [-0.05, 0) is 51.4 Å². The normalized spacial score (nSPS) is 17.9. The van der Waals surface area contributed by atoms with Gasteiger partial charge in [-0.3, -0.25) is 4.99 Å². The van der Waals surface area contributed by atoms with Gasteiger partial charge in [0.1, 0.15) is 5.60 Å². The molecule has 0 heterocycles. The lowest BCUT2D eigenvalue weighted by Gasteiger charge is -2.42. The van der Waals surface area contributed by atoms with E-state index in [2.05, 4.69) is 34.8 Å². The van der Waals surface area contributed by atoms with E-state index in [4.69, 9.17) is 9.47 Å². The number of hydrogen-bond acceptors (Lipinski definition) is 4. The number of nitrogens with zero attached hydrogens (tertiary/aromatic N) is 1. The average molecular weight is 385 g/mol. The molecule has 1 amide bonds. The van der Waals surface area contributed by atoms with Crippen molar-refractivity contribution in [2.75, 3.05) is 33.9 Å². The number of alkyl carbamates (subject to hydrolysis) is 1. The summed E-state index contributed by atoms with van der Waals surface area (Å²) in [5.74, 6) is 1.03. The molecule has 0 saturated heterocycles. The molecule has 0 aromatic rings. The molecule has 1 unspecified atom stereocenters. The van der Waals surface area contributed by atoms with Gasteiger partial charge in [-0.25, -0.2) is 4.79 Å². The van der Waals surface area contributed by atoms with Gasteiger partial charge < -0.3 is 25.4 Å². The van der Waals surface area contributed by atoms with Crippen LogP contribution in [0, 0.1) is 11.3 Å². The molecule has 0 spiro atoms. The first-order chi connectivity index (χ1) is 12.6. The van der Waals surface area contributed by atoms with Crippen LogP contribution < -0.4 is 16.0 Å². The lowest BCUT2D eigenvalue weighted by molar-refractivity contribution is 0.0491. The van der Waals surface area contributed by atoms with Crippen LogP contribution in [0.1, 0.15) is 60.3 Å². The standard InChI is InChI=1S/C20H40N4O3/c1-15(2)16(24-18(25)27-19(3,4)5)13-22-17(21-6)23-14-20(9-8-10-20)11-12-26-7/h15-16H,8-14H2,1-7H3,(H,24,25)(H2,21,22,23). The predicted molar refractivity (Wildman–Crippen MR) is 110 cm³/mol. The van der Waals surface area contributed by atoms with Crippen molar-refractivity contribution in [1.82, 2.24) is 16.0 Å². The third kappa shape index (κ3) is 8.82. The Bertz CT molecular complexity index is 482. The molecule has 0 bridgehead atoms. The van der Waals surface area contributed by atoms with Gasteiger partial charge in [-0.2, -0.15) is 0 Å². The molecule has 0 aliphatic heterocycles. The highest BCUT2D eigenvalue weighted by Gasteiger charge is 2.36. The molecule has 1 atom stereocenters. The maximum absolute atomic E-state index is 12.1. The van der Waals surface area contributed by atoms with Crippen LogP contribution in [0.15, 0.2) is 4.99 Å². The molecular weight excluding hydrogens is 344 g/mol. The zero-order chi connectivity index (χ0) is 20.5. The Kier molecular flexibility index (Phi) is 9.36. The van der Waals surface area contributed by atoms with E-state index in [1.54, 1.807) is 14.2 Å². The van der Waals surface area contributed by atoms with Crippen molar-refractivity contribution < 1.29 is 14.3 Å². The van der Waals surface area contributed by atoms with Crippen molar-refractivity contribution in [1.29, 1.82) is 0 Å². The van der Waals surface area contributed by atoms with Gasteiger partial charge >= 0.3 is 6.09 Å². The number of amides is 1. The molecule has 0 aromatic heterocycles. The second-order valence-corrected chi connectivity index (χ2v) is 8.90. The monoisotopic (exact) mass is 384 g/mol. The third-order valence-electron chi connectivity index (χ3n) is 5.10. The molecule has 27 heavy (non-hydrogen) atoms. The van der Waals surface area contributed by atoms with E-state index in [-0.39, 0.29) is 18.1 Å². The SMILES string of the molecule is CN=C(NCC(NC(=O)OC(C)(C)C)C(C)C)NCC1(CCOC)CCC1. The summed E-state index contributed by atoms with van der Waals surface area (Å²) in [6.45, 7) is 12.0. The summed E-state index contributed by atoms with van der Waals surface area (Å²) in [6, 6.07) is -0.0513. The van der Waals surface area contributed by atoms with Gasteiger partial charge in [-0.15, -0.1) is 0 Å². The average Bonchev–Trinajstić information content (AvgIpc) is 2.52. The van der Waals surface area contributed by atoms with Gasteiger partial charge in [0.25, 0.3) is 0 Å². The van der Waals surface area contributed by atoms with Crippen LogP contribution >= 0.6 is 0 Å². The smallest absolute Gasteiger partial charge is 0.407 e. The maximum Gasteiger partial charge on any atom is 0.407 e. The summed E-state index contributed by atoms with van der Waals surface area (Å²) >= 11 is 0. The van der Waals surface area contributed by atoms with E-state index in [0.717, 1.165) is 25.5 Å². The molecule has 7 heteroatoms. The Morgan fingerprint density at radius 2 is 1.89 bits per heavy atom. The molecule has 0 radical (unpaired) electrons. The lowest BCUT2D eigenvalue weighted by Crippen LogP contribution is -2.52. The number of guanidine groups is 1. The number of ether oxygens (including phenoxy) is 2. The van der Waals surface area contributed by atoms with E-state index in [1.165, 1.54) is 19.3 Å². The Balaban J connectivity index is 2.49. The molecule has 0 aromatic carbocycles. The fourth-order valence-electron chi connectivity index (χ4n) is 3.12. The van der Waals surface area contributed by atoms with Gasteiger partial charge in [0, 0.05) is 33.9 Å². The zero-order valence-electron chi connectivity index (χ0n) is 18.3. The van der Waals surface area contributed by atoms with Crippen molar-refractivity contribution >= 4 is 12.1 Å². The van der Waals surface area contributed by atoms with Gasteiger partial charge in [0.2, 0.25) is 0 Å². The summed E-state index contributed by atoms with van der Waals surface area (Å²) < 4.78 is 10.6. The molecule has 1 rings (SSSR count). The van der Waals surface area contributed by atoms with Crippen LogP contribution in [0.4, 0.5) is 4.79 Å².